The van der Waals surface area contributed by atoms with E-state index in [1.165, 1.54) is 30.3 Å². The van der Waals surface area contributed by atoms with Crippen molar-refractivity contribution in [3.05, 3.63) is 48.3 Å². The van der Waals surface area contributed by atoms with Crippen molar-refractivity contribution >= 4 is 28.7 Å². The number of aromatic nitrogens is 5. The van der Waals surface area contributed by atoms with Crippen molar-refractivity contribution in [2.24, 2.45) is 12.5 Å². The van der Waals surface area contributed by atoms with Crippen LogP contribution in [-0.2, 0) is 11.8 Å². The first-order valence-corrected chi connectivity index (χ1v) is 12.6. The lowest BCUT2D eigenvalue weighted by molar-refractivity contribution is -0.104. The molecule has 0 amide bonds. The van der Waals surface area contributed by atoms with Gasteiger partial charge in [0, 0.05) is 38.7 Å². The van der Waals surface area contributed by atoms with Crippen LogP contribution in [-0.4, -0.2) is 48.8 Å². The lowest BCUT2D eigenvalue weighted by Gasteiger charge is -2.43. The monoisotopic (exact) mass is 469 g/mol. The summed E-state index contributed by atoms with van der Waals surface area (Å²) in [4.78, 5) is 31.3. The van der Waals surface area contributed by atoms with E-state index in [-0.39, 0.29) is 0 Å². The van der Waals surface area contributed by atoms with E-state index in [1.807, 2.05) is 18.6 Å². The van der Waals surface area contributed by atoms with Crippen LogP contribution >= 0.6 is 0 Å². The Balaban J connectivity index is 1.36. The van der Waals surface area contributed by atoms with Crippen LogP contribution in [0.4, 0.5) is 5.82 Å². The van der Waals surface area contributed by atoms with E-state index in [0.717, 1.165) is 73.8 Å². The number of aldehydes is 1. The van der Waals surface area contributed by atoms with E-state index in [2.05, 4.69) is 32.6 Å². The molecule has 8 nitrogen and oxygen atoms in total. The van der Waals surface area contributed by atoms with Crippen LogP contribution in [0.1, 0.15) is 62.1 Å². The van der Waals surface area contributed by atoms with Crippen molar-refractivity contribution in [3.8, 4) is 11.4 Å². The third kappa shape index (κ3) is 3.90. The quantitative estimate of drug-likeness (QED) is 0.440. The van der Waals surface area contributed by atoms with E-state index in [1.54, 1.807) is 6.08 Å². The number of piperidine rings is 1. The summed E-state index contributed by atoms with van der Waals surface area (Å²) in [5.74, 6) is 1.76. The highest BCUT2D eigenvalue weighted by Crippen LogP contribution is 2.48. The van der Waals surface area contributed by atoms with E-state index < -0.39 is 0 Å². The standard InChI is InChI=1S/C27H31N7O/c1-33-23(19-5-7-27(8-6-19)9-12-34(13-10-27)11-2-14-35)21(22-24(28)31-17-32-26(22)33)25-29-15-20(16-30-25)18-3-4-18/h2,5,11,14-18H,3-4,6-10,12-13H2,1H3,(H2,28,31,32). The number of rotatable bonds is 5. The van der Waals surface area contributed by atoms with E-state index >= 15 is 0 Å². The van der Waals surface area contributed by atoms with Gasteiger partial charge in [0.1, 0.15) is 24.1 Å². The Labute approximate surface area is 205 Å². The third-order valence-corrected chi connectivity index (χ3v) is 8.19. The molecule has 2 fully saturated rings. The van der Waals surface area contributed by atoms with Crippen LogP contribution in [0.25, 0.3) is 28.0 Å². The molecule has 1 spiro atoms. The van der Waals surface area contributed by atoms with Gasteiger partial charge in [-0.2, -0.15) is 0 Å². The van der Waals surface area contributed by atoms with Crippen LogP contribution in [0.2, 0.25) is 0 Å². The average Bonchev–Trinajstić information content (AvgIpc) is 3.69. The molecule has 8 heteroatoms. The second kappa shape index (κ2) is 8.59. The van der Waals surface area contributed by atoms with Crippen molar-refractivity contribution in [2.75, 3.05) is 18.8 Å². The Morgan fingerprint density at radius 3 is 2.51 bits per heavy atom. The number of nitrogens with zero attached hydrogens (tertiary/aromatic N) is 6. The van der Waals surface area contributed by atoms with E-state index in [4.69, 9.17) is 15.7 Å². The van der Waals surface area contributed by atoms with Gasteiger partial charge in [-0.25, -0.2) is 19.9 Å². The van der Waals surface area contributed by atoms with Crippen LogP contribution in [0.5, 0.6) is 0 Å². The van der Waals surface area contributed by atoms with Gasteiger partial charge in [0.05, 0.1) is 16.6 Å². The predicted octanol–water partition coefficient (Wildman–Crippen LogP) is 4.25. The summed E-state index contributed by atoms with van der Waals surface area (Å²) in [6.45, 7) is 2.00. The zero-order chi connectivity index (χ0) is 24.0. The maximum absolute atomic E-state index is 10.7. The molecule has 0 unspecified atom stereocenters. The highest BCUT2D eigenvalue weighted by Gasteiger charge is 2.36. The van der Waals surface area contributed by atoms with Gasteiger partial charge < -0.3 is 15.2 Å². The summed E-state index contributed by atoms with van der Waals surface area (Å²) in [7, 11) is 2.05. The Morgan fingerprint density at radius 1 is 1.09 bits per heavy atom. The normalized spacial score (nSPS) is 20.0. The molecule has 2 N–H and O–H groups in total. The molecule has 2 aliphatic carbocycles. The number of carbonyl (C=O) groups excluding carboxylic acids is 1. The number of allylic oxidation sites excluding steroid dienone is 3. The van der Waals surface area contributed by atoms with Crippen LogP contribution in [0.15, 0.2) is 37.1 Å². The Bertz CT molecular complexity index is 1330. The van der Waals surface area contributed by atoms with Gasteiger partial charge in [-0.3, -0.25) is 4.79 Å². The Kier molecular flexibility index (Phi) is 5.39. The fourth-order valence-corrected chi connectivity index (χ4v) is 5.88. The lowest BCUT2D eigenvalue weighted by atomic mass is 9.68. The second-order valence-corrected chi connectivity index (χ2v) is 10.3. The SMILES string of the molecule is Cn1c(C2=CCC3(CC2)CCN(C=CC=O)CC3)c(-c2ncc(C3CC3)cn2)c2c(N)ncnc21. The molecule has 1 aliphatic heterocycles. The van der Waals surface area contributed by atoms with Crippen LogP contribution in [0.3, 0.4) is 0 Å². The van der Waals surface area contributed by atoms with E-state index in [9.17, 15) is 4.79 Å². The fourth-order valence-electron chi connectivity index (χ4n) is 5.88. The molecule has 1 saturated heterocycles. The summed E-state index contributed by atoms with van der Waals surface area (Å²) < 4.78 is 2.14. The Hall–Kier alpha value is -3.55. The Morgan fingerprint density at radius 2 is 1.86 bits per heavy atom. The van der Waals surface area contributed by atoms with Gasteiger partial charge in [0.25, 0.3) is 0 Å². The number of nitrogen functional groups attached to an aromatic ring is 1. The smallest absolute Gasteiger partial charge is 0.162 e. The molecule has 4 heterocycles. The van der Waals surface area contributed by atoms with Crippen molar-refractivity contribution in [1.29, 1.82) is 0 Å². The fraction of sp³-hybridized carbons (Fsp3) is 0.444. The number of nitrogens with two attached hydrogens (primary N) is 1. The summed E-state index contributed by atoms with van der Waals surface area (Å²) in [5, 5.41) is 0.834. The number of likely N-dealkylation sites (tertiary alicyclic amines) is 1. The minimum atomic E-state index is 0.334. The van der Waals surface area contributed by atoms with Gasteiger partial charge in [-0.15, -0.1) is 0 Å². The van der Waals surface area contributed by atoms with Crippen molar-refractivity contribution in [1.82, 2.24) is 29.4 Å². The maximum atomic E-state index is 10.7. The average molecular weight is 470 g/mol. The molecule has 3 aliphatic rings. The van der Waals surface area contributed by atoms with Gasteiger partial charge in [0.2, 0.25) is 0 Å². The highest BCUT2D eigenvalue weighted by atomic mass is 16.1. The summed E-state index contributed by atoms with van der Waals surface area (Å²) >= 11 is 0. The molecule has 3 aromatic heterocycles. The molecule has 6 rings (SSSR count). The molecule has 35 heavy (non-hydrogen) atoms. The molecule has 0 aromatic carbocycles. The number of hydrogen-bond acceptors (Lipinski definition) is 7. The number of carbonyl (C=O) groups is 1. The molecule has 0 atom stereocenters. The molecule has 180 valence electrons. The first-order valence-electron chi connectivity index (χ1n) is 12.6. The minimum Gasteiger partial charge on any atom is -0.383 e. The predicted molar refractivity (Wildman–Crippen MR) is 136 cm³/mol. The zero-order valence-corrected chi connectivity index (χ0v) is 20.2. The number of aryl methyl sites for hydroxylation is 1. The van der Waals surface area contributed by atoms with E-state index in [0.29, 0.717) is 23.0 Å². The summed E-state index contributed by atoms with van der Waals surface area (Å²) in [5.41, 5.74) is 12.1. The van der Waals surface area contributed by atoms with Crippen molar-refractivity contribution < 1.29 is 4.79 Å². The largest absolute Gasteiger partial charge is 0.383 e. The molecule has 1 saturated carbocycles. The molecule has 3 aromatic rings. The van der Waals surface area contributed by atoms with Gasteiger partial charge >= 0.3 is 0 Å². The lowest BCUT2D eigenvalue weighted by Crippen LogP contribution is -2.38. The summed E-state index contributed by atoms with van der Waals surface area (Å²) in [6.07, 6.45) is 20.2. The first kappa shape index (κ1) is 21.9. The van der Waals surface area contributed by atoms with Crippen molar-refractivity contribution in [2.45, 2.75) is 50.9 Å². The number of anilines is 1. The van der Waals surface area contributed by atoms with Crippen molar-refractivity contribution in [3.63, 3.8) is 0 Å². The second-order valence-electron chi connectivity index (χ2n) is 10.3. The van der Waals surface area contributed by atoms with Gasteiger partial charge in [-0.05, 0) is 73.5 Å². The van der Waals surface area contributed by atoms with Gasteiger partial charge in [-0.1, -0.05) is 6.08 Å². The maximum Gasteiger partial charge on any atom is 0.162 e. The number of fused-ring (bicyclic) bond motifs is 1. The highest BCUT2D eigenvalue weighted by molar-refractivity contribution is 6.04. The summed E-state index contributed by atoms with van der Waals surface area (Å²) in [6, 6.07) is 0. The first-order chi connectivity index (χ1) is 17.1. The third-order valence-electron chi connectivity index (χ3n) is 8.19. The number of hydrogen-bond donors (Lipinski definition) is 1. The zero-order valence-electron chi connectivity index (χ0n) is 20.2. The van der Waals surface area contributed by atoms with Crippen LogP contribution < -0.4 is 5.73 Å². The molecule has 0 bridgehead atoms. The molecule has 0 radical (unpaired) electrons. The molecular formula is C27H31N7O. The van der Waals surface area contributed by atoms with Crippen LogP contribution in [0, 0.1) is 5.41 Å². The van der Waals surface area contributed by atoms with Gasteiger partial charge in [0.15, 0.2) is 5.82 Å². The molecular weight excluding hydrogens is 438 g/mol. The minimum absolute atomic E-state index is 0.334. The topological polar surface area (TPSA) is 103 Å².